The molecule has 0 radical (unpaired) electrons. The molecule has 0 heterocycles. The summed E-state index contributed by atoms with van der Waals surface area (Å²) in [7, 11) is 0. The highest BCUT2D eigenvalue weighted by molar-refractivity contribution is 5.88. The molecule has 0 fully saturated rings. The van der Waals surface area contributed by atoms with E-state index >= 15 is 0 Å². The van der Waals surface area contributed by atoms with E-state index in [1.165, 1.54) is 5.56 Å². The number of rotatable bonds is 11. The minimum atomic E-state index is -0.182. The molecule has 0 aliphatic carbocycles. The van der Waals surface area contributed by atoms with E-state index in [0.29, 0.717) is 6.54 Å². The summed E-state index contributed by atoms with van der Waals surface area (Å²) in [5.41, 5.74) is 14.7. The van der Waals surface area contributed by atoms with Crippen molar-refractivity contribution in [3.63, 3.8) is 0 Å². The number of terminal acetylenes is 2. The lowest BCUT2D eigenvalue weighted by Gasteiger charge is -2.29. The Morgan fingerprint density at radius 3 is 2.12 bits per heavy atom. The van der Waals surface area contributed by atoms with Crippen molar-refractivity contribution in [2.24, 2.45) is 16.6 Å². The van der Waals surface area contributed by atoms with Crippen LogP contribution in [0.25, 0.3) is 5.57 Å². The quantitative estimate of drug-likeness (QED) is 0.169. The summed E-state index contributed by atoms with van der Waals surface area (Å²) in [4.78, 5) is 3.91. The van der Waals surface area contributed by atoms with Crippen LogP contribution in [0.1, 0.15) is 97.4 Å². The molecule has 0 amide bonds. The van der Waals surface area contributed by atoms with Gasteiger partial charge in [-0.25, -0.2) is 4.99 Å². The monoisotopic (exact) mass is 548 g/mol. The van der Waals surface area contributed by atoms with Gasteiger partial charge in [0.2, 0.25) is 0 Å². The number of aliphatic imine (C=N–C) groups is 1. The van der Waals surface area contributed by atoms with Crippen LogP contribution in [-0.4, -0.2) is 6.21 Å². The van der Waals surface area contributed by atoms with Crippen molar-refractivity contribution in [3.05, 3.63) is 112 Å². The van der Waals surface area contributed by atoms with Crippen LogP contribution in [0.5, 0.6) is 0 Å². The lowest BCUT2D eigenvalue weighted by molar-refractivity contribution is 0.438. The third-order valence-corrected chi connectivity index (χ3v) is 7.32. The number of hydrogen-bond acceptors (Lipinski definition) is 2. The Morgan fingerprint density at radius 2 is 1.63 bits per heavy atom. The molecule has 1 unspecified atom stereocenters. The summed E-state index contributed by atoms with van der Waals surface area (Å²) in [5, 5.41) is 0. The molecule has 0 spiro atoms. The van der Waals surface area contributed by atoms with Crippen molar-refractivity contribution in [2.45, 2.75) is 87.1 Å². The van der Waals surface area contributed by atoms with Crippen molar-refractivity contribution >= 4 is 11.8 Å². The van der Waals surface area contributed by atoms with Crippen LogP contribution in [0.2, 0.25) is 0 Å². The minimum Gasteiger partial charge on any atom is -0.326 e. The Labute approximate surface area is 252 Å². The van der Waals surface area contributed by atoms with E-state index in [2.05, 4.69) is 86.8 Å². The fourth-order valence-corrected chi connectivity index (χ4v) is 4.43. The Morgan fingerprint density at radius 1 is 1.02 bits per heavy atom. The molecule has 0 saturated carbocycles. The maximum Gasteiger partial charge on any atom is 0.0444 e. The van der Waals surface area contributed by atoms with Crippen LogP contribution < -0.4 is 5.73 Å². The Hall–Kier alpha value is -3.85. The summed E-state index contributed by atoms with van der Waals surface area (Å²) in [6.45, 7) is 23.7. The molecule has 2 nitrogen and oxygen atoms in total. The third-order valence-electron chi connectivity index (χ3n) is 7.32. The smallest absolute Gasteiger partial charge is 0.0444 e. The average Bonchev–Trinajstić information content (AvgIpc) is 3.04. The highest BCUT2D eigenvalue weighted by Crippen LogP contribution is 2.39. The predicted molar refractivity (Wildman–Crippen MR) is 185 cm³/mol. The molecule has 2 aromatic carbocycles. The van der Waals surface area contributed by atoms with Gasteiger partial charge < -0.3 is 5.73 Å². The number of nitrogens with two attached hydrogens (primary N) is 1. The van der Waals surface area contributed by atoms with Crippen molar-refractivity contribution in [1.29, 1.82) is 0 Å². The summed E-state index contributed by atoms with van der Waals surface area (Å²) in [6.07, 6.45) is 21.0. The molecular weight excluding hydrogens is 496 g/mol. The van der Waals surface area contributed by atoms with Crippen molar-refractivity contribution in [1.82, 2.24) is 0 Å². The van der Waals surface area contributed by atoms with Gasteiger partial charge in [-0.15, -0.1) is 6.42 Å². The zero-order valence-corrected chi connectivity index (χ0v) is 27.0. The van der Waals surface area contributed by atoms with Gasteiger partial charge in [0.15, 0.2) is 0 Å². The van der Waals surface area contributed by atoms with Crippen LogP contribution in [-0.2, 0) is 12.0 Å². The SMILES string of the molecule is C#CN=CC(=C\C)/C=C/C(=C)/C(=C(\c1ccccc1)c1cc(C(C)(CC)CC)ccc1CN)C(C)C#C.CC.CC. The molecule has 0 bridgehead atoms. The van der Waals surface area contributed by atoms with Gasteiger partial charge in [-0.05, 0) is 76.7 Å². The maximum absolute atomic E-state index is 6.30. The number of allylic oxidation sites excluding steroid dienone is 6. The Balaban J connectivity index is 0.00000382. The van der Waals surface area contributed by atoms with Gasteiger partial charge in [0.05, 0.1) is 0 Å². The van der Waals surface area contributed by atoms with Gasteiger partial charge in [0.1, 0.15) is 0 Å². The molecule has 41 heavy (non-hydrogen) atoms. The molecule has 0 aliphatic rings. The van der Waals surface area contributed by atoms with Crippen molar-refractivity contribution in [3.8, 4) is 24.8 Å². The zero-order chi connectivity index (χ0) is 31.4. The van der Waals surface area contributed by atoms with Gasteiger partial charge in [-0.1, -0.05) is 134 Å². The third kappa shape index (κ3) is 10.2. The minimum absolute atomic E-state index is 0.0651. The molecule has 218 valence electrons. The first-order chi connectivity index (χ1) is 19.8. The highest BCUT2D eigenvalue weighted by Gasteiger charge is 2.25. The highest BCUT2D eigenvalue weighted by atomic mass is 14.6. The van der Waals surface area contributed by atoms with Crippen molar-refractivity contribution < 1.29 is 0 Å². The fourth-order valence-electron chi connectivity index (χ4n) is 4.43. The number of benzene rings is 2. The standard InChI is InChI=1S/C35H40N2.2C2H6/c1-9-26(6)33(27(7)19-20-28(10-2)25-37-13-5)34(29-17-15-14-16-18-29)32-23-31(22-21-30(32)24-36)35(8,11-3)12-4;2*1-2/h1,5,10,14-23,25-26H,7,11-12,24,36H2,2-4,6,8H3;2*1-2H3/b20-19+,28-10-,34-33+,37-25?;;. The van der Waals surface area contributed by atoms with Crippen LogP contribution >= 0.6 is 0 Å². The second kappa shape index (κ2) is 20.1. The summed E-state index contributed by atoms with van der Waals surface area (Å²) in [5.74, 6) is 2.77. The van der Waals surface area contributed by atoms with Crippen LogP contribution in [0, 0.1) is 30.7 Å². The molecule has 2 N–H and O–H groups in total. The molecule has 1 atom stereocenters. The zero-order valence-electron chi connectivity index (χ0n) is 27.0. The number of hydrogen-bond donors (Lipinski definition) is 1. The van der Waals surface area contributed by atoms with Gasteiger partial charge in [-0.3, -0.25) is 0 Å². The second-order valence-corrected chi connectivity index (χ2v) is 9.42. The first-order valence-electron chi connectivity index (χ1n) is 14.9. The van der Waals surface area contributed by atoms with Crippen molar-refractivity contribution in [2.75, 3.05) is 0 Å². The van der Waals surface area contributed by atoms with Gasteiger partial charge in [0.25, 0.3) is 0 Å². The summed E-state index contributed by atoms with van der Waals surface area (Å²) < 4.78 is 0. The van der Waals surface area contributed by atoms with Crippen LogP contribution in [0.15, 0.2) is 95.0 Å². The van der Waals surface area contributed by atoms with E-state index in [0.717, 1.165) is 51.8 Å². The second-order valence-electron chi connectivity index (χ2n) is 9.42. The lowest BCUT2D eigenvalue weighted by atomic mass is 9.75. The normalized spacial score (nSPS) is 12.7. The molecular formula is C39H52N2. The van der Waals surface area contributed by atoms with E-state index in [1.54, 1.807) is 6.21 Å². The molecule has 2 rings (SSSR count). The van der Waals surface area contributed by atoms with E-state index in [4.69, 9.17) is 18.6 Å². The summed E-state index contributed by atoms with van der Waals surface area (Å²) in [6, 6.07) is 19.4. The van der Waals surface area contributed by atoms with Crippen LogP contribution in [0.4, 0.5) is 0 Å². The first kappa shape index (κ1) is 37.1. The first-order valence-corrected chi connectivity index (χ1v) is 14.9. The van der Waals surface area contributed by atoms with Crippen LogP contribution in [0.3, 0.4) is 0 Å². The van der Waals surface area contributed by atoms with E-state index in [-0.39, 0.29) is 11.3 Å². The molecule has 0 saturated heterocycles. The average molecular weight is 549 g/mol. The predicted octanol–water partition coefficient (Wildman–Crippen LogP) is 10.1. The van der Waals surface area contributed by atoms with Gasteiger partial charge >= 0.3 is 0 Å². The largest absolute Gasteiger partial charge is 0.326 e. The number of nitrogens with zero attached hydrogens (tertiary/aromatic N) is 1. The van der Waals surface area contributed by atoms with E-state index < -0.39 is 0 Å². The molecule has 2 aromatic rings. The molecule has 0 aliphatic heterocycles. The Bertz CT molecular complexity index is 1280. The van der Waals surface area contributed by atoms with Gasteiger partial charge in [-0.2, -0.15) is 0 Å². The van der Waals surface area contributed by atoms with E-state index in [9.17, 15) is 0 Å². The maximum atomic E-state index is 6.30. The Kier molecular flexibility index (Phi) is 18.2. The fraction of sp³-hybridized carbons (Fsp3) is 0.359. The molecule has 2 heteroatoms. The van der Waals surface area contributed by atoms with Gasteiger partial charge in [0, 0.05) is 24.7 Å². The topological polar surface area (TPSA) is 38.4 Å². The molecule has 0 aromatic heterocycles. The van der Waals surface area contributed by atoms with E-state index in [1.807, 2.05) is 65.8 Å². The summed E-state index contributed by atoms with van der Waals surface area (Å²) >= 11 is 0. The lowest BCUT2D eigenvalue weighted by Crippen LogP contribution is -2.20.